The molecule has 0 spiro atoms. The molecule has 2 aliphatic heterocycles. The fourth-order valence-corrected chi connectivity index (χ4v) is 2.03. The number of hydrogen-bond acceptors (Lipinski definition) is 4. The summed E-state index contributed by atoms with van der Waals surface area (Å²) in [6, 6.07) is 10.3. The second-order valence-electron chi connectivity index (χ2n) is 4.54. The van der Waals surface area contributed by atoms with Gasteiger partial charge >= 0.3 is 0 Å². The van der Waals surface area contributed by atoms with Crippen molar-refractivity contribution in [3.63, 3.8) is 0 Å². The lowest BCUT2D eigenvalue weighted by molar-refractivity contribution is -0.252. The van der Waals surface area contributed by atoms with Crippen LogP contribution in [-0.4, -0.2) is 43.4 Å². The largest absolute Gasteiger partial charge is 0.390 e. The summed E-state index contributed by atoms with van der Waals surface area (Å²) in [6.45, 7) is 3.51. The van der Waals surface area contributed by atoms with Crippen molar-refractivity contribution >= 4 is 0 Å². The summed E-state index contributed by atoms with van der Waals surface area (Å²) in [5.74, 6) is 0. The molecule has 2 heterocycles. The van der Waals surface area contributed by atoms with Crippen molar-refractivity contribution in [2.75, 3.05) is 20.0 Å². The van der Waals surface area contributed by atoms with Crippen molar-refractivity contribution in [1.82, 2.24) is 0 Å². The van der Waals surface area contributed by atoms with Crippen LogP contribution in [0, 0.1) is 6.92 Å². The van der Waals surface area contributed by atoms with Gasteiger partial charge < -0.3 is 19.3 Å². The summed E-state index contributed by atoms with van der Waals surface area (Å²) in [6.07, 6.45) is 0.0592. The Bertz CT molecular complexity index is 339. The van der Waals surface area contributed by atoms with Gasteiger partial charge in [-0.3, -0.25) is 0 Å². The molecule has 0 aromatic heterocycles. The zero-order valence-electron chi connectivity index (χ0n) is 10.6. The first-order chi connectivity index (χ1) is 8.77. The first-order valence-electron chi connectivity index (χ1n) is 6.28. The van der Waals surface area contributed by atoms with Crippen molar-refractivity contribution in [2.24, 2.45) is 0 Å². The van der Waals surface area contributed by atoms with Gasteiger partial charge in [0, 0.05) is 6.61 Å². The Hall–Kier alpha value is -0.940. The molecule has 0 aliphatic carbocycles. The predicted octanol–water partition coefficient (Wildman–Crippen LogP) is 1.50. The molecule has 1 aromatic rings. The molecule has 3 unspecified atom stereocenters. The van der Waals surface area contributed by atoms with E-state index in [0.29, 0.717) is 19.6 Å². The highest BCUT2D eigenvalue weighted by Gasteiger charge is 2.36. The van der Waals surface area contributed by atoms with E-state index in [9.17, 15) is 5.11 Å². The first kappa shape index (κ1) is 13.5. The lowest BCUT2D eigenvalue weighted by atomic mass is 10.0. The Morgan fingerprint density at radius 2 is 1.94 bits per heavy atom. The van der Waals surface area contributed by atoms with E-state index in [4.69, 9.17) is 14.2 Å². The molecule has 2 aliphatic rings. The maximum absolute atomic E-state index is 9.44. The van der Waals surface area contributed by atoms with Crippen LogP contribution < -0.4 is 0 Å². The normalized spacial score (nSPS) is 30.9. The van der Waals surface area contributed by atoms with E-state index < -0.39 is 0 Å². The number of rotatable bonds is 0. The van der Waals surface area contributed by atoms with Crippen molar-refractivity contribution < 1.29 is 19.3 Å². The topological polar surface area (TPSA) is 47.9 Å². The summed E-state index contributed by atoms with van der Waals surface area (Å²) in [5.41, 5.74) is 1.32. The van der Waals surface area contributed by atoms with Crippen LogP contribution in [0.1, 0.15) is 12.0 Å². The van der Waals surface area contributed by atoms with E-state index in [-0.39, 0.29) is 25.1 Å². The second-order valence-corrected chi connectivity index (χ2v) is 4.54. The van der Waals surface area contributed by atoms with Crippen LogP contribution in [0.3, 0.4) is 0 Å². The molecule has 2 saturated heterocycles. The van der Waals surface area contributed by atoms with Crippen LogP contribution >= 0.6 is 0 Å². The van der Waals surface area contributed by atoms with Gasteiger partial charge in [-0.1, -0.05) is 35.9 Å². The average molecular weight is 252 g/mol. The standard InChI is InChI=1S/C7H12O4.C7H8/c8-5-1-2-10-6-3-9-4-11-7(5)6;1-7-5-3-2-4-6-7/h5-8H,1-4H2;2-6H,1H3. The lowest BCUT2D eigenvalue weighted by Gasteiger charge is -2.38. The number of benzene rings is 1. The van der Waals surface area contributed by atoms with Crippen LogP contribution in [0.2, 0.25) is 0 Å². The van der Waals surface area contributed by atoms with Crippen molar-refractivity contribution in [3.8, 4) is 0 Å². The maximum atomic E-state index is 9.44. The van der Waals surface area contributed by atoms with E-state index in [1.165, 1.54) is 5.56 Å². The number of aliphatic hydroxyl groups is 1. The summed E-state index contributed by atoms with van der Waals surface area (Å²) in [4.78, 5) is 0. The van der Waals surface area contributed by atoms with Gasteiger partial charge in [0.25, 0.3) is 0 Å². The molecule has 4 nitrogen and oxygen atoms in total. The van der Waals surface area contributed by atoms with E-state index in [1.54, 1.807) is 0 Å². The number of aliphatic hydroxyl groups excluding tert-OH is 1. The molecule has 0 saturated carbocycles. The molecule has 1 N–H and O–H groups in total. The molecule has 18 heavy (non-hydrogen) atoms. The fraction of sp³-hybridized carbons (Fsp3) is 0.571. The highest BCUT2D eigenvalue weighted by molar-refractivity contribution is 5.11. The molecule has 0 radical (unpaired) electrons. The van der Waals surface area contributed by atoms with E-state index in [1.807, 2.05) is 18.2 Å². The van der Waals surface area contributed by atoms with Crippen LogP contribution in [0.4, 0.5) is 0 Å². The smallest absolute Gasteiger partial charge is 0.147 e. The highest BCUT2D eigenvalue weighted by Crippen LogP contribution is 2.21. The predicted molar refractivity (Wildman–Crippen MR) is 67.2 cm³/mol. The third kappa shape index (κ3) is 3.78. The molecular formula is C14H20O4. The van der Waals surface area contributed by atoms with Crippen molar-refractivity contribution in [2.45, 2.75) is 31.7 Å². The Morgan fingerprint density at radius 1 is 1.17 bits per heavy atom. The molecule has 0 bridgehead atoms. The highest BCUT2D eigenvalue weighted by atomic mass is 16.7. The third-order valence-corrected chi connectivity index (χ3v) is 3.06. The summed E-state index contributed by atoms with van der Waals surface area (Å²) in [7, 11) is 0. The molecule has 1 aromatic carbocycles. The number of ether oxygens (including phenoxy) is 3. The van der Waals surface area contributed by atoms with Gasteiger partial charge in [0.05, 0.1) is 12.7 Å². The minimum Gasteiger partial charge on any atom is -0.390 e. The molecule has 3 atom stereocenters. The van der Waals surface area contributed by atoms with Gasteiger partial charge in [0.15, 0.2) is 0 Å². The molecular weight excluding hydrogens is 232 g/mol. The summed E-state index contributed by atoms with van der Waals surface area (Å²) < 4.78 is 15.6. The summed E-state index contributed by atoms with van der Waals surface area (Å²) >= 11 is 0. The quantitative estimate of drug-likeness (QED) is 0.760. The van der Waals surface area contributed by atoms with E-state index >= 15 is 0 Å². The van der Waals surface area contributed by atoms with Gasteiger partial charge in [-0.05, 0) is 13.3 Å². The zero-order valence-corrected chi connectivity index (χ0v) is 10.6. The molecule has 3 rings (SSSR count). The minimum absolute atomic E-state index is 0.0625. The number of aryl methyl sites for hydroxylation is 1. The Balaban J connectivity index is 0.000000149. The third-order valence-electron chi connectivity index (χ3n) is 3.06. The average Bonchev–Trinajstić information content (AvgIpc) is 2.41. The molecule has 4 heteroatoms. The van der Waals surface area contributed by atoms with Gasteiger partial charge in [0.1, 0.15) is 19.0 Å². The van der Waals surface area contributed by atoms with Crippen LogP contribution in [0.15, 0.2) is 30.3 Å². The second kappa shape index (κ2) is 6.85. The Kier molecular flexibility index (Phi) is 5.13. The van der Waals surface area contributed by atoms with Crippen molar-refractivity contribution in [1.29, 1.82) is 0 Å². The van der Waals surface area contributed by atoms with Gasteiger partial charge in [-0.25, -0.2) is 0 Å². The van der Waals surface area contributed by atoms with Crippen LogP contribution in [0.25, 0.3) is 0 Å². The van der Waals surface area contributed by atoms with Gasteiger partial charge in [0.2, 0.25) is 0 Å². The molecule has 2 fully saturated rings. The van der Waals surface area contributed by atoms with E-state index in [0.717, 1.165) is 0 Å². The molecule has 0 amide bonds. The Labute approximate surface area is 107 Å². The van der Waals surface area contributed by atoms with Crippen LogP contribution in [-0.2, 0) is 14.2 Å². The first-order valence-corrected chi connectivity index (χ1v) is 6.28. The minimum atomic E-state index is -0.377. The fourth-order valence-electron chi connectivity index (χ4n) is 2.03. The molecule has 100 valence electrons. The number of hydrogen-bond donors (Lipinski definition) is 1. The summed E-state index contributed by atoms with van der Waals surface area (Å²) in [5, 5.41) is 9.44. The van der Waals surface area contributed by atoms with Crippen molar-refractivity contribution in [3.05, 3.63) is 35.9 Å². The lowest BCUT2D eigenvalue weighted by Crippen LogP contribution is -2.51. The van der Waals surface area contributed by atoms with Gasteiger partial charge in [-0.2, -0.15) is 0 Å². The Morgan fingerprint density at radius 3 is 2.56 bits per heavy atom. The maximum Gasteiger partial charge on any atom is 0.147 e. The van der Waals surface area contributed by atoms with Crippen LogP contribution in [0.5, 0.6) is 0 Å². The van der Waals surface area contributed by atoms with Gasteiger partial charge in [-0.15, -0.1) is 0 Å². The number of fused-ring (bicyclic) bond motifs is 1. The zero-order chi connectivity index (χ0) is 12.8. The van der Waals surface area contributed by atoms with E-state index in [2.05, 4.69) is 19.1 Å². The SMILES string of the molecule is Cc1ccccc1.OC1CCOC2COCOC12. The monoisotopic (exact) mass is 252 g/mol.